The topological polar surface area (TPSA) is 36.1 Å². The first-order valence-electron chi connectivity index (χ1n) is 17.7. The molecule has 12 aromatic rings. The molecule has 0 aliphatic heterocycles. The van der Waals surface area contributed by atoms with Crippen LogP contribution < -0.4 is 0 Å². The van der Waals surface area contributed by atoms with Crippen molar-refractivity contribution in [1.29, 1.82) is 0 Å². The van der Waals surface area contributed by atoms with Crippen LogP contribution in [-0.2, 0) is 0 Å². The lowest BCUT2D eigenvalue weighted by molar-refractivity contribution is 0.669. The van der Waals surface area contributed by atoms with E-state index in [4.69, 9.17) is 8.83 Å². The summed E-state index contributed by atoms with van der Waals surface area (Å²) in [5.41, 5.74) is 12.8. The van der Waals surface area contributed by atoms with Crippen molar-refractivity contribution < 1.29 is 8.83 Å². The van der Waals surface area contributed by atoms with Crippen LogP contribution in [0.3, 0.4) is 0 Å². The van der Waals surface area contributed by atoms with Gasteiger partial charge in [-0.25, -0.2) is 0 Å². The van der Waals surface area contributed by atoms with Gasteiger partial charge in [0, 0.05) is 54.5 Å². The molecule has 12 rings (SSSR count). The Morgan fingerprint density at radius 3 is 1.67 bits per heavy atom. The van der Waals surface area contributed by atoms with E-state index in [1.165, 1.54) is 21.5 Å². The molecule has 52 heavy (non-hydrogen) atoms. The van der Waals surface area contributed by atoms with Crippen LogP contribution in [0.25, 0.3) is 110 Å². The summed E-state index contributed by atoms with van der Waals surface area (Å²) in [5.74, 6) is 0. The molecule has 4 heterocycles. The van der Waals surface area contributed by atoms with Gasteiger partial charge in [0.1, 0.15) is 22.3 Å². The third kappa shape index (κ3) is 3.75. The molecule has 0 spiro atoms. The Morgan fingerprint density at radius 2 is 0.885 bits per heavy atom. The van der Waals surface area contributed by atoms with Crippen LogP contribution >= 0.6 is 0 Å². The Morgan fingerprint density at radius 1 is 0.288 bits per heavy atom. The minimum atomic E-state index is 0.901. The van der Waals surface area contributed by atoms with Crippen molar-refractivity contribution in [2.75, 3.05) is 0 Å². The lowest BCUT2D eigenvalue weighted by atomic mass is 9.99. The molecule has 0 radical (unpaired) electrons. The van der Waals surface area contributed by atoms with Crippen LogP contribution in [0.4, 0.5) is 0 Å². The van der Waals surface area contributed by atoms with Crippen molar-refractivity contribution in [2.24, 2.45) is 0 Å². The summed E-state index contributed by atoms with van der Waals surface area (Å²) in [5, 5.41) is 9.32. The molecule has 0 saturated heterocycles. The second kappa shape index (κ2) is 10.3. The van der Waals surface area contributed by atoms with E-state index in [9.17, 15) is 0 Å². The van der Waals surface area contributed by atoms with Gasteiger partial charge in [0.15, 0.2) is 0 Å². The van der Waals surface area contributed by atoms with E-state index < -0.39 is 0 Å². The molecule has 0 atom stereocenters. The van der Waals surface area contributed by atoms with Gasteiger partial charge in [-0.05, 0) is 90.0 Å². The molecular weight excluding hydrogens is 637 g/mol. The standard InChI is InChI=1S/C48H28N2O2/c1-3-11-31(12-4-1)49-39-22-20-29(25-38(39)47-40(49)23-24-45-48(47)35-16-8-10-18-44(35)51-45)30-19-21-33-36-28-46-37(34-15-7-9-17-43(34)52-46)27-42(36)50(41(33)26-30)32-13-5-2-6-14-32/h1-28H. The van der Waals surface area contributed by atoms with E-state index in [1.807, 2.05) is 18.2 Å². The normalized spacial score (nSPS) is 12.2. The SMILES string of the molecule is c1ccc(-n2c3cc(-c4ccc5c(c4)c4c6c(ccc4n5-c4ccccc4)oc4ccccc46)ccc3c3cc4oc5ccccc5c4cc32)cc1. The Labute approximate surface area is 296 Å². The molecule has 0 bridgehead atoms. The fourth-order valence-corrected chi connectivity index (χ4v) is 8.63. The number of para-hydroxylation sites is 4. The zero-order chi connectivity index (χ0) is 33.9. The van der Waals surface area contributed by atoms with Crippen molar-refractivity contribution in [3.05, 3.63) is 170 Å². The van der Waals surface area contributed by atoms with Crippen LogP contribution in [0.5, 0.6) is 0 Å². The van der Waals surface area contributed by atoms with E-state index in [-0.39, 0.29) is 0 Å². The summed E-state index contributed by atoms with van der Waals surface area (Å²) in [6, 6.07) is 60.6. The number of fused-ring (bicyclic) bond motifs is 13. The first kappa shape index (κ1) is 27.7. The average Bonchev–Trinajstić information content (AvgIpc) is 3.94. The van der Waals surface area contributed by atoms with Crippen molar-refractivity contribution in [3.63, 3.8) is 0 Å². The fraction of sp³-hybridized carbons (Fsp3) is 0. The summed E-state index contributed by atoms with van der Waals surface area (Å²) >= 11 is 0. The summed E-state index contributed by atoms with van der Waals surface area (Å²) in [6.45, 7) is 0. The molecule has 0 N–H and O–H groups in total. The van der Waals surface area contributed by atoms with E-state index >= 15 is 0 Å². The molecule has 242 valence electrons. The molecule has 0 aliphatic carbocycles. The van der Waals surface area contributed by atoms with Gasteiger partial charge in [-0.2, -0.15) is 0 Å². The Bertz CT molecular complexity index is 3400. The number of aromatic nitrogens is 2. The summed E-state index contributed by atoms with van der Waals surface area (Å²) in [7, 11) is 0. The first-order valence-corrected chi connectivity index (χ1v) is 17.7. The smallest absolute Gasteiger partial charge is 0.136 e. The fourth-order valence-electron chi connectivity index (χ4n) is 8.63. The van der Waals surface area contributed by atoms with Gasteiger partial charge in [0.25, 0.3) is 0 Å². The van der Waals surface area contributed by atoms with E-state index in [1.54, 1.807) is 0 Å². The molecule has 8 aromatic carbocycles. The quantitative estimate of drug-likeness (QED) is 0.188. The van der Waals surface area contributed by atoms with Crippen LogP contribution in [0, 0.1) is 0 Å². The largest absolute Gasteiger partial charge is 0.456 e. The molecule has 4 nitrogen and oxygen atoms in total. The molecule has 0 saturated carbocycles. The number of nitrogens with zero attached hydrogens (tertiary/aromatic N) is 2. The molecule has 0 fully saturated rings. The highest BCUT2D eigenvalue weighted by Gasteiger charge is 2.21. The maximum Gasteiger partial charge on any atom is 0.136 e. The Kier molecular flexibility index (Phi) is 5.47. The van der Waals surface area contributed by atoms with Crippen molar-refractivity contribution in [1.82, 2.24) is 9.13 Å². The second-order valence-electron chi connectivity index (χ2n) is 13.7. The molecule has 0 unspecified atom stereocenters. The van der Waals surface area contributed by atoms with Gasteiger partial charge in [0.05, 0.1) is 22.1 Å². The van der Waals surface area contributed by atoms with Gasteiger partial charge >= 0.3 is 0 Å². The predicted octanol–water partition coefficient (Wildman–Crippen LogP) is 13.3. The van der Waals surface area contributed by atoms with Crippen LogP contribution in [0.1, 0.15) is 0 Å². The first-order chi connectivity index (χ1) is 25.8. The lowest BCUT2D eigenvalue weighted by Crippen LogP contribution is -1.93. The number of rotatable bonds is 3. The van der Waals surface area contributed by atoms with E-state index in [0.29, 0.717) is 0 Å². The molecule has 4 aromatic heterocycles. The Hall–Kier alpha value is -7.04. The van der Waals surface area contributed by atoms with Gasteiger partial charge in [-0.15, -0.1) is 0 Å². The van der Waals surface area contributed by atoms with Gasteiger partial charge < -0.3 is 18.0 Å². The van der Waals surface area contributed by atoms with Gasteiger partial charge in [0.2, 0.25) is 0 Å². The number of hydrogen-bond acceptors (Lipinski definition) is 2. The van der Waals surface area contributed by atoms with Crippen LogP contribution in [0.15, 0.2) is 179 Å². The highest BCUT2D eigenvalue weighted by Crippen LogP contribution is 2.44. The van der Waals surface area contributed by atoms with Crippen molar-refractivity contribution in [3.8, 4) is 22.5 Å². The summed E-state index contributed by atoms with van der Waals surface area (Å²) in [4.78, 5) is 0. The maximum absolute atomic E-state index is 6.40. The minimum absolute atomic E-state index is 0.901. The maximum atomic E-state index is 6.40. The van der Waals surface area contributed by atoms with Crippen molar-refractivity contribution >= 4 is 87.5 Å². The molecular formula is C48H28N2O2. The summed E-state index contributed by atoms with van der Waals surface area (Å²) < 4.78 is 17.5. The molecule has 0 amide bonds. The molecule has 4 heteroatoms. The van der Waals surface area contributed by atoms with Gasteiger partial charge in [-0.1, -0.05) is 91.0 Å². The third-order valence-electron chi connectivity index (χ3n) is 10.9. The zero-order valence-corrected chi connectivity index (χ0v) is 27.9. The predicted molar refractivity (Wildman–Crippen MR) is 215 cm³/mol. The summed E-state index contributed by atoms with van der Waals surface area (Å²) in [6.07, 6.45) is 0. The number of furan rings is 2. The van der Waals surface area contributed by atoms with Gasteiger partial charge in [-0.3, -0.25) is 0 Å². The Balaban J connectivity index is 1.15. The minimum Gasteiger partial charge on any atom is -0.456 e. The van der Waals surface area contributed by atoms with Crippen LogP contribution in [0.2, 0.25) is 0 Å². The highest BCUT2D eigenvalue weighted by molar-refractivity contribution is 6.28. The monoisotopic (exact) mass is 664 g/mol. The number of benzene rings is 8. The number of hydrogen-bond donors (Lipinski definition) is 0. The lowest BCUT2D eigenvalue weighted by Gasteiger charge is -2.10. The van der Waals surface area contributed by atoms with E-state index in [2.05, 4.69) is 161 Å². The third-order valence-corrected chi connectivity index (χ3v) is 10.9. The average molecular weight is 665 g/mol. The van der Waals surface area contributed by atoms with Crippen molar-refractivity contribution in [2.45, 2.75) is 0 Å². The zero-order valence-electron chi connectivity index (χ0n) is 27.9. The van der Waals surface area contributed by atoms with Crippen LogP contribution in [-0.4, -0.2) is 9.13 Å². The second-order valence-corrected chi connectivity index (χ2v) is 13.7. The molecule has 0 aliphatic rings. The highest BCUT2D eigenvalue weighted by atomic mass is 16.3. The van der Waals surface area contributed by atoms with E-state index in [0.717, 1.165) is 88.4 Å².